The minimum absolute atomic E-state index is 0.223. The Kier molecular flexibility index (Phi) is 4.74. The molecule has 0 radical (unpaired) electrons. The lowest BCUT2D eigenvalue weighted by atomic mass is 10.1. The van der Waals surface area contributed by atoms with Gasteiger partial charge in [0.2, 0.25) is 0 Å². The van der Waals surface area contributed by atoms with E-state index in [0.717, 1.165) is 5.56 Å². The van der Waals surface area contributed by atoms with Gasteiger partial charge in [-0.05, 0) is 37.1 Å². The number of hydrogen-bond donors (Lipinski definition) is 1. The standard InChI is InChI=1S/C17H20FNO/c1-12-4-7-15(8-5-12)13(2)19-11-14-6-9-17(20-3)16(18)10-14/h4-10,13,19H,11H2,1-3H3/t13-/m1/s1. The van der Waals surface area contributed by atoms with E-state index in [2.05, 4.69) is 43.4 Å². The SMILES string of the molecule is COc1ccc(CN[C@H](C)c2ccc(C)cc2)cc1F. The zero-order valence-electron chi connectivity index (χ0n) is 12.1. The summed E-state index contributed by atoms with van der Waals surface area (Å²) in [6, 6.07) is 13.7. The first-order chi connectivity index (χ1) is 9.60. The van der Waals surface area contributed by atoms with Gasteiger partial charge in [0.05, 0.1) is 7.11 Å². The topological polar surface area (TPSA) is 21.3 Å². The van der Waals surface area contributed by atoms with E-state index in [1.807, 2.05) is 6.07 Å². The highest BCUT2D eigenvalue weighted by atomic mass is 19.1. The van der Waals surface area contributed by atoms with E-state index in [1.165, 1.54) is 24.3 Å². The molecule has 1 N–H and O–H groups in total. The predicted octanol–water partition coefficient (Wildman–Crippen LogP) is 3.99. The fourth-order valence-corrected chi connectivity index (χ4v) is 2.06. The second-order valence-electron chi connectivity index (χ2n) is 4.98. The fourth-order valence-electron chi connectivity index (χ4n) is 2.06. The summed E-state index contributed by atoms with van der Waals surface area (Å²) >= 11 is 0. The van der Waals surface area contributed by atoms with Crippen molar-refractivity contribution in [2.24, 2.45) is 0 Å². The molecule has 2 aromatic carbocycles. The molecule has 0 heterocycles. The van der Waals surface area contributed by atoms with Crippen molar-refractivity contribution < 1.29 is 9.13 Å². The van der Waals surface area contributed by atoms with Crippen LogP contribution in [-0.2, 0) is 6.54 Å². The van der Waals surface area contributed by atoms with Gasteiger partial charge in [0.15, 0.2) is 11.6 Å². The van der Waals surface area contributed by atoms with Crippen molar-refractivity contribution in [3.8, 4) is 5.75 Å². The molecule has 106 valence electrons. The van der Waals surface area contributed by atoms with Crippen molar-refractivity contribution in [3.05, 3.63) is 65.0 Å². The number of halogens is 1. The highest BCUT2D eigenvalue weighted by Gasteiger charge is 2.07. The molecule has 0 spiro atoms. The van der Waals surface area contributed by atoms with Crippen LogP contribution in [0.5, 0.6) is 5.75 Å². The van der Waals surface area contributed by atoms with Crippen molar-refractivity contribution in [2.45, 2.75) is 26.4 Å². The Bertz CT molecular complexity index is 566. The average molecular weight is 273 g/mol. The number of methoxy groups -OCH3 is 1. The minimum atomic E-state index is -0.324. The molecule has 0 amide bonds. The van der Waals surface area contributed by atoms with Crippen molar-refractivity contribution in [3.63, 3.8) is 0 Å². The summed E-state index contributed by atoms with van der Waals surface area (Å²) in [5.41, 5.74) is 3.38. The fraction of sp³-hybridized carbons (Fsp3) is 0.294. The number of rotatable bonds is 5. The molecule has 2 rings (SSSR count). The minimum Gasteiger partial charge on any atom is -0.494 e. The third-order valence-electron chi connectivity index (χ3n) is 3.41. The van der Waals surface area contributed by atoms with E-state index in [0.29, 0.717) is 6.54 Å². The summed E-state index contributed by atoms with van der Waals surface area (Å²) in [6.45, 7) is 4.79. The van der Waals surface area contributed by atoms with Crippen LogP contribution in [0.1, 0.15) is 29.7 Å². The lowest BCUT2D eigenvalue weighted by Gasteiger charge is -2.15. The van der Waals surface area contributed by atoms with Crippen LogP contribution < -0.4 is 10.1 Å². The summed E-state index contributed by atoms with van der Waals surface area (Å²) < 4.78 is 18.5. The van der Waals surface area contributed by atoms with E-state index in [9.17, 15) is 4.39 Å². The highest BCUT2D eigenvalue weighted by Crippen LogP contribution is 2.19. The Balaban J connectivity index is 1.97. The lowest BCUT2D eigenvalue weighted by molar-refractivity contribution is 0.386. The summed E-state index contributed by atoms with van der Waals surface area (Å²) in [4.78, 5) is 0. The van der Waals surface area contributed by atoms with Crippen LogP contribution in [0.25, 0.3) is 0 Å². The first-order valence-corrected chi connectivity index (χ1v) is 6.72. The van der Waals surface area contributed by atoms with E-state index in [1.54, 1.807) is 6.07 Å². The maximum absolute atomic E-state index is 13.6. The number of nitrogens with one attached hydrogen (secondary N) is 1. The van der Waals surface area contributed by atoms with Crippen molar-refractivity contribution >= 4 is 0 Å². The second kappa shape index (κ2) is 6.53. The molecule has 0 unspecified atom stereocenters. The zero-order valence-corrected chi connectivity index (χ0v) is 12.1. The number of benzene rings is 2. The zero-order chi connectivity index (χ0) is 14.5. The largest absolute Gasteiger partial charge is 0.494 e. The van der Waals surface area contributed by atoms with Crippen LogP contribution in [0.4, 0.5) is 4.39 Å². The number of aryl methyl sites for hydroxylation is 1. The molecule has 0 aromatic heterocycles. The number of ether oxygens (including phenoxy) is 1. The molecule has 0 aliphatic heterocycles. The van der Waals surface area contributed by atoms with Crippen molar-refractivity contribution in [2.75, 3.05) is 7.11 Å². The predicted molar refractivity (Wildman–Crippen MR) is 79.4 cm³/mol. The van der Waals surface area contributed by atoms with Gasteiger partial charge in [-0.2, -0.15) is 0 Å². The van der Waals surface area contributed by atoms with Crippen LogP contribution in [0.15, 0.2) is 42.5 Å². The van der Waals surface area contributed by atoms with Gasteiger partial charge >= 0.3 is 0 Å². The van der Waals surface area contributed by atoms with Crippen LogP contribution in [0.3, 0.4) is 0 Å². The van der Waals surface area contributed by atoms with E-state index in [-0.39, 0.29) is 17.6 Å². The molecule has 3 heteroatoms. The van der Waals surface area contributed by atoms with Crippen LogP contribution in [0.2, 0.25) is 0 Å². The molecule has 0 aliphatic rings. The molecule has 2 aromatic rings. The van der Waals surface area contributed by atoms with Gasteiger partial charge < -0.3 is 10.1 Å². The first-order valence-electron chi connectivity index (χ1n) is 6.72. The Hall–Kier alpha value is -1.87. The molecule has 2 nitrogen and oxygen atoms in total. The summed E-state index contributed by atoms with van der Waals surface area (Å²) in [7, 11) is 1.47. The van der Waals surface area contributed by atoms with E-state index >= 15 is 0 Å². The quantitative estimate of drug-likeness (QED) is 0.889. The van der Waals surface area contributed by atoms with Crippen molar-refractivity contribution in [1.29, 1.82) is 0 Å². The van der Waals surface area contributed by atoms with Gasteiger partial charge in [-0.15, -0.1) is 0 Å². The Morgan fingerprint density at radius 3 is 2.45 bits per heavy atom. The van der Waals surface area contributed by atoms with E-state index in [4.69, 9.17) is 4.74 Å². The van der Waals surface area contributed by atoms with Gasteiger partial charge in [-0.1, -0.05) is 35.9 Å². The smallest absolute Gasteiger partial charge is 0.165 e. The molecule has 0 aliphatic carbocycles. The normalized spacial score (nSPS) is 12.2. The van der Waals surface area contributed by atoms with Gasteiger partial charge in [-0.3, -0.25) is 0 Å². The Morgan fingerprint density at radius 2 is 1.85 bits per heavy atom. The molecule has 20 heavy (non-hydrogen) atoms. The summed E-state index contributed by atoms with van der Waals surface area (Å²) in [5, 5.41) is 3.39. The van der Waals surface area contributed by atoms with Crippen LogP contribution in [-0.4, -0.2) is 7.11 Å². The molecule has 0 fully saturated rings. The maximum atomic E-state index is 13.6. The molecule has 0 saturated carbocycles. The molecule has 0 bridgehead atoms. The molecule has 0 saturated heterocycles. The summed E-state index contributed by atoms with van der Waals surface area (Å²) in [5.74, 6) is -0.0462. The molecular weight excluding hydrogens is 253 g/mol. The third-order valence-corrected chi connectivity index (χ3v) is 3.41. The summed E-state index contributed by atoms with van der Waals surface area (Å²) in [6.07, 6.45) is 0. The maximum Gasteiger partial charge on any atom is 0.165 e. The van der Waals surface area contributed by atoms with Crippen molar-refractivity contribution in [1.82, 2.24) is 5.32 Å². The Labute approximate surface area is 119 Å². The van der Waals surface area contributed by atoms with Crippen LogP contribution >= 0.6 is 0 Å². The molecule has 1 atom stereocenters. The Morgan fingerprint density at radius 1 is 1.15 bits per heavy atom. The van der Waals surface area contributed by atoms with Gasteiger partial charge in [0, 0.05) is 12.6 Å². The van der Waals surface area contributed by atoms with E-state index < -0.39 is 0 Å². The van der Waals surface area contributed by atoms with Crippen LogP contribution in [0, 0.1) is 12.7 Å². The van der Waals surface area contributed by atoms with Gasteiger partial charge in [0.25, 0.3) is 0 Å². The van der Waals surface area contributed by atoms with Gasteiger partial charge in [-0.25, -0.2) is 4.39 Å². The lowest BCUT2D eigenvalue weighted by Crippen LogP contribution is -2.18. The second-order valence-corrected chi connectivity index (χ2v) is 4.98. The molecular formula is C17H20FNO. The number of hydrogen-bond acceptors (Lipinski definition) is 2. The average Bonchev–Trinajstić information content (AvgIpc) is 2.45. The first kappa shape index (κ1) is 14.5. The highest BCUT2D eigenvalue weighted by molar-refractivity contribution is 5.29. The van der Waals surface area contributed by atoms with Gasteiger partial charge in [0.1, 0.15) is 0 Å². The monoisotopic (exact) mass is 273 g/mol. The third kappa shape index (κ3) is 3.58.